The van der Waals surface area contributed by atoms with Gasteiger partial charge in [0.1, 0.15) is 0 Å². The second-order valence-electron chi connectivity index (χ2n) is 0.408. The van der Waals surface area contributed by atoms with E-state index in [1.54, 1.807) is 6.08 Å². The summed E-state index contributed by atoms with van der Waals surface area (Å²) in [6, 6.07) is 0. The molecule has 0 aromatic carbocycles. The number of allylic oxidation sites excluding steroid dienone is 1. The van der Waals surface area contributed by atoms with Gasteiger partial charge in [0.2, 0.25) is 0 Å². The molecule has 0 aromatic rings. The van der Waals surface area contributed by atoms with Crippen LogP contribution in [0, 0.1) is 6.58 Å². The fourth-order valence-corrected chi connectivity index (χ4v) is 0. The van der Waals surface area contributed by atoms with E-state index in [9.17, 15) is 0 Å². The monoisotopic (exact) mass is 637 g/mol. The summed E-state index contributed by atoms with van der Waals surface area (Å²) in [5, 5.41) is 0. The van der Waals surface area contributed by atoms with Crippen molar-refractivity contribution in [3.8, 4) is 0 Å². The third-order valence-corrected chi connectivity index (χ3v) is 0. The van der Waals surface area contributed by atoms with Crippen LogP contribution in [0.2, 0.25) is 0 Å². The summed E-state index contributed by atoms with van der Waals surface area (Å²) in [6.07, 6.45) is 1.75. The summed E-state index contributed by atoms with van der Waals surface area (Å²) in [5.41, 5.74) is 0. The van der Waals surface area contributed by atoms with Crippen LogP contribution in [0.1, 0.15) is 14.4 Å². The van der Waals surface area contributed by atoms with E-state index in [0.29, 0.717) is 0 Å². The number of hydrogen-bond acceptors (Lipinski definition) is 0. The molecule has 0 aliphatic carbocycles. The molecule has 0 atom stereocenters. The Morgan fingerprint density at radius 1 is 1.11 bits per heavy atom. The molecule has 0 radical (unpaired) electrons. The third-order valence-electron chi connectivity index (χ3n) is 0. The minimum Gasteiger partial charge on any atom is -0.521 e. The minimum absolute atomic E-state index is 0. The Balaban J connectivity index is -0.00000000357. The van der Waals surface area contributed by atoms with Gasteiger partial charge in [-0.3, -0.25) is 6.58 Å². The average molecular weight is 637 g/mol. The molecule has 0 N–H and O–H groups in total. The largest absolute Gasteiger partial charge is 0.521 e. The van der Waals surface area contributed by atoms with Crippen LogP contribution in [0.25, 0.3) is 0 Å². The van der Waals surface area contributed by atoms with Gasteiger partial charge in [0.25, 0.3) is 0 Å². The first-order valence-electron chi connectivity index (χ1n) is 1.39. The zero-order valence-electron chi connectivity index (χ0n) is 4.79. The first-order chi connectivity index (χ1) is 2.41. The topological polar surface area (TPSA) is 0 Å². The van der Waals surface area contributed by atoms with E-state index in [2.05, 4.69) is 19.7 Å². The van der Waals surface area contributed by atoms with Crippen LogP contribution in [0.5, 0.6) is 0 Å². The standard InChI is InChI=1S/C3H6.C2H3.CH4.3W/c1-3-2;1-2;;;;/h3H,1H2,2H3;1H,2H2;1H4;;;/q;-1;;;;. The van der Waals surface area contributed by atoms with Crippen molar-refractivity contribution in [2.75, 3.05) is 0 Å². The van der Waals surface area contributed by atoms with Gasteiger partial charge in [0.15, 0.2) is 0 Å². The molecule has 0 aromatic heterocycles. The molecular formula is C6H13W3-. The quantitative estimate of drug-likeness (QED) is 0.283. The zero-order valence-corrected chi connectivity index (χ0v) is 13.6. The van der Waals surface area contributed by atoms with Gasteiger partial charge in [-0.1, -0.05) is 13.5 Å². The van der Waals surface area contributed by atoms with Gasteiger partial charge >= 0.3 is 0 Å². The SMILES string of the molecule is C.C=CC.[CH-]=C.[W].[W].[W]. The van der Waals surface area contributed by atoms with Gasteiger partial charge in [0, 0.05) is 63.2 Å². The molecule has 0 spiro atoms. The molecule has 0 saturated heterocycles. The van der Waals surface area contributed by atoms with E-state index in [4.69, 9.17) is 0 Å². The van der Waals surface area contributed by atoms with Crippen LogP contribution in [-0.2, 0) is 63.2 Å². The Kier molecular flexibility index (Phi) is 556. The van der Waals surface area contributed by atoms with E-state index in [1.807, 2.05) is 6.92 Å². The maximum absolute atomic E-state index is 4.25. The minimum atomic E-state index is 0. The molecule has 0 amide bonds. The van der Waals surface area contributed by atoms with Crippen LogP contribution < -0.4 is 0 Å². The Morgan fingerprint density at radius 3 is 1.11 bits per heavy atom. The molecule has 3 heteroatoms. The molecule has 0 fully saturated rings. The van der Waals surface area contributed by atoms with Crippen molar-refractivity contribution in [1.29, 1.82) is 0 Å². The molecule has 0 nitrogen and oxygen atoms in total. The molecule has 0 saturated carbocycles. The number of hydrogen-bond donors (Lipinski definition) is 0. The second kappa shape index (κ2) is 108. The van der Waals surface area contributed by atoms with Crippen molar-refractivity contribution in [1.82, 2.24) is 0 Å². The van der Waals surface area contributed by atoms with Gasteiger partial charge in [-0.2, -0.15) is 0 Å². The fraction of sp³-hybridized carbons (Fsp3) is 0.333. The molecule has 0 aliphatic rings. The molecule has 0 unspecified atom stereocenters. The van der Waals surface area contributed by atoms with E-state index in [0.717, 1.165) is 0 Å². The van der Waals surface area contributed by atoms with E-state index in [1.165, 1.54) is 0 Å². The van der Waals surface area contributed by atoms with Gasteiger partial charge < -0.3 is 6.58 Å². The van der Waals surface area contributed by atoms with E-state index in [-0.39, 0.29) is 70.6 Å². The van der Waals surface area contributed by atoms with Crippen LogP contribution in [-0.4, -0.2) is 0 Å². The Morgan fingerprint density at radius 2 is 1.11 bits per heavy atom. The van der Waals surface area contributed by atoms with Crippen molar-refractivity contribution in [2.45, 2.75) is 14.4 Å². The summed E-state index contributed by atoms with van der Waals surface area (Å²) < 4.78 is 0. The van der Waals surface area contributed by atoms with Gasteiger partial charge in [0.05, 0.1) is 0 Å². The zero-order chi connectivity index (χ0) is 4.71. The van der Waals surface area contributed by atoms with Crippen molar-refractivity contribution in [3.05, 3.63) is 25.8 Å². The van der Waals surface area contributed by atoms with Gasteiger partial charge in [-0.15, -0.1) is 6.58 Å². The van der Waals surface area contributed by atoms with Crippen molar-refractivity contribution in [2.24, 2.45) is 0 Å². The normalized spacial score (nSPS) is 1.89. The predicted molar refractivity (Wildman–Crippen MR) is 32.5 cm³/mol. The maximum atomic E-state index is 4.25. The van der Waals surface area contributed by atoms with E-state index >= 15 is 0 Å². The predicted octanol–water partition coefficient (Wildman–Crippen LogP) is 2.43. The Bertz CT molecular complexity index is 22.3. The third kappa shape index (κ3) is 228. The summed E-state index contributed by atoms with van der Waals surface area (Å²) in [6.45, 7) is 12.2. The summed E-state index contributed by atoms with van der Waals surface area (Å²) >= 11 is 0. The van der Waals surface area contributed by atoms with Crippen molar-refractivity contribution >= 4 is 0 Å². The molecule has 0 heterocycles. The molecule has 0 rings (SSSR count). The molecule has 9 heavy (non-hydrogen) atoms. The first-order valence-corrected chi connectivity index (χ1v) is 1.39. The van der Waals surface area contributed by atoms with Gasteiger partial charge in [-0.25, -0.2) is 0 Å². The summed E-state index contributed by atoms with van der Waals surface area (Å²) in [7, 11) is 0. The van der Waals surface area contributed by atoms with Crippen LogP contribution in [0.4, 0.5) is 0 Å². The smallest absolute Gasteiger partial charge is 0 e. The average Bonchev–Trinajstić information content (AvgIpc) is 1.46. The molecular weight excluding hydrogens is 624 g/mol. The molecule has 56 valence electrons. The van der Waals surface area contributed by atoms with Gasteiger partial charge in [-0.05, 0) is 6.92 Å². The van der Waals surface area contributed by atoms with E-state index < -0.39 is 0 Å². The van der Waals surface area contributed by atoms with Crippen molar-refractivity contribution < 1.29 is 63.2 Å². The number of rotatable bonds is 0. The molecule has 0 bridgehead atoms. The summed E-state index contributed by atoms with van der Waals surface area (Å²) in [4.78, 5) is 0. The Labute approximate surface area is 102 Å². The molecule has 0 aliphatic heterocycles. The second-order valence-corrected chi connectivity index (χ2v) is 0.408. The van der Waals surface area contributed by atoms with Crippen LogP contribution in [0.15, 0.2) is 19.2 Å². The summed E-state index contributed by atoms with van der Waals surface area (Å²) in [5.74, 6) is 0. The van der Waals surface area contributed by atoms with Crippen LogP contribution in [0.3, 0.4) is 0 Å². The Hall–Kier alpha value is 1.54. The first kappa shape index (κ1) is 46.5. The van der Waals surface area contributed by atoms with Crippen molar-refractivity contribution in [3.63, 3.8) is 0 Å². The van der Waals surface area contributed by atoms with Crippen LogP contribution >= 0.6 is 0 Å². The fourth-order valence-electron chi connectivity index (χ4n) is 0. The maximum Gasteiger partial charge on any atom is 0 e.